The standard InChI is InChI=1S/C31H29FN6O3S/c32-26-17-23(38-42(39,40)29-9-3-6-20-5-1-2-7-24(20)29)14-15-28(26)41-31-25(8-4-16-34-31)27-18-30(36-19-35-27)37-22-12-10-21(33)11-13-22/h1-9,14-19,21-22,38H,10-13,33H2,(H,35,36,37). The maximum atomic E-state index is 15.2. The van der Waals surface area contributed by atoms with E-state index in [4.69, 9.17) is 10.5 Å². The molecule has 1 aliphatic rings. The van der Waals surface area contributed by atoms with Crippen LogP contribution in [-0.2, 0) is 10.0 Å². The van der Waals surface area contributed by atoms with Gasteiger partial charge in [-0.25, -0.2) is 27.8 Å². The van der Waals surface area contributed by atoms with E-state index in [1.807, 2.05) is 18.2 Å². The fourth-order valence-electron chi connectivity index (χ4n) is 5.11. The van der Waals surface area contributed by atoms with Crippen molar-refractivity contribution < 1.29 is 17.5 Å². The fraction of sp³-hybridized carbons (Fsp3) is 0.194. The van der Waals surface area contributed by atoms with Crippen LogP contribution in [0.4, 0.5) is 15.9 Å². The van der Waals surface area contributed by atoms with E-state index in [-0.39, 0.29) is 34.3 Å². The quantitative estimate of drug-likeness (QED) is 0.199. The van der Waals surface area contributed by atoms with Crippen LogP contribution in [0.2, 0.25) is 0 Å². The number of fused-ring (bicyclic) bond motifs is 1. The van der Waals surface area contributed by atoms with Gasteiger partial charge >= 0.3 is 0 Å². The van der Waals surface area contributed by atoms with Gasteiger partial charge in [0.05, 0.1) is 21.8 Å². The third-order valence-electron chi connectivity index (χ3n) is 7.27. The second kappa shape index (κ2) is 11.7. The Morgan fingerprint density at radius 3 is 2.52 bits per heavy atom. The monoisotopic (exact) mass is 584 g/mol. The minimum atomic E-state index is -3.99. The molecule has 0 saturated heterocycles. The Bertz CT molecular complexity index is 1840. The van der Waals surface area contributed by atoms with Gasteiger partial charge in [0.1, 0.15) is 12.1 Å². The Morgan fingerprint density at radius 2 is 1.69 bits per heavy atom. The molecule has 1 aliphatic carbocycles. The van der Waals surface area contributed by atoms with Crippen LogP contribution in [0.5, 0.6) is 11.6 Å². The summed E-state index contributed by atoms with van der Waals surface area (Å²) in [6.45, 7) is 0. The van der Waals surface area contributed by atoms with E-state index in [0.717, 1.165) is 37.1 Å². The SMILES string of the molecule is NC1CCC(Nc2cc(-c3cccnc3Oc3ccc(NS(=O)(=O)c4cccc5ccccc45)cc3F)ncn2)CC1. The molecule has 0 aliphatic heterocycles. The first kappa shape index (κ1) is 27.6. The van der Waals surface area contributed by atoms with Crippen LogP contribution in [0.25, 0.3) is 22.0 Å². The molecule has 4 N–H and O–H groups in total. The van der Waals surface area contributed by atoms with Crippen molar-refractivity contribution in [3.8, 4) is 22.9 Å². The third-order valence-corrected chi connectivity index (χ3v) is 8.71. The molecule has 5 aromatic rings. The Labute approximate surface area is 243 Å². The Kier molecular flexibility index (Phi) is 7.68. The van der Waals surface area contributed by atoms with Gasteiger partial charge < -0.3 is 15.8 Å². The molecule has 0 bridgehead atoms. The molecule has 9 nitrogen and oxygen atoms in total. The summed E-state index contributed by atoms with van der Waals surface area (Å²) in [4.78, 5) is 13.1. The molecule has 11 heteroatoms. The molecule has 0 radical (unpaired) electrons. The number of aromatic nitrogens is 3. The van der Waals surface area contributed by atoms with Crippen molar-refractivity contribution in [3.63, 3.8) is 0 Å². The number of nitrogens with one attached hydrogen (secondary N) is 2. The number of hydrogen-bond donors (Lipinski definition) is 3. The van der Waals surface area contributed by atoms with Gasteiger partial charge in [-0.05, 0) is 61.4 Å². The molecule has 0 spiro atoms. The van der Waals surface area contributed by atoms with Crippen LogP contribution in [0.1, 0.15) is 25.7 Å². The van der Waals surface area contributed by atoms with Gasteiger partial charge in [0, 0.05) is 35.8 Å². The molecule has 1 fully saturated rings. The first-order chi connectivity index (χ1) is 20.4. The van der Waals surface area contributed by atoms with Gasteiger partial charge in [0.2, 0.25) is 5.88 Å². The van der Waals surface area contributed by atoms with E-state index in [2.05, 4.69) is 25.0 Å². The van der Waals surface area contributed by atoms with Crippen LogP contribution in [0.3, 0.4) is 0 Å². The van der Waals surface area contributed by atoms with Crippen molar-refractivity contribution in [1.29, 1.82) is 0 Å². The second-order valence-electron chi connectivity index (χ2n) is 10.2. The van der Waals surface area contributed by atoms with Gasteiger partial charge in [0.15, 0.2) is 11.6 Å². The molecule has 3 aromatic carbocycles. The van der Waals surface area contributed by atoms with Gasteiger partial charge in [0.25, 0.3) is 10.0 Å². The zero-order chi connectivity index (χ0) is 29.1. The highest BCUT2D eigenvalue weighted by Crippen LogP contribution is 2.34. The Balaban J connectivity index is 1.21. The highest BCUT2D eigenvalue weighted by molar-refractivity contribution is 7.93. The van der Waals surface area contributed by atoms with Crippen molar-refractivity contribution in [2.45, 2.75) is 42.7 Å². The third kappa shape index (κ3) is 6.02. The summed E-state index contributed by atoms with van der Waals surface area (Å²) >= 11 is 0. The second-order valence-corrected chi connectivity index (χ2v) is 11.9. The lowest BCUT2D eigenvalue weighted by Crippen LogP contribution is -2.33. The molecule has 0 unspecified atom stereocenters. The normalized spacial score (nSPS) is 17.1. The molecular weight excluding hydrogens is 555 g/mol. The summed E-state index contributed by atoms with van der Waals surface area (Å²) in [5.41, 5.74) is 7.19. The molecule has 42 heavy (non-hydrogen) atoms. The number of benzene rings is 3. The molecular formula is C31H29FN6O3S. The molecule has 0 atom stereocenters. The molecule has 6 rings (SSSR count). The summed E-state index contributed by atoms with van der Waals surface area (Å²) in [6, 6.07) is 21.9. The molecule has 1 saturated carbocycles. The minimum Gasteiger partial charge on any atom is -0.435 e. The number of halogens is 1. The minimum absolute atomic E-state index is 0.0595. The largest absolute Gasteiger partial charge is 0.435 e. The van der Waals surface area contributed by atoms with Crippen molar-refractivity contribution in [2.24, 2.45) is 5.73 Å². The van der Waals surface area contributed by atoms with Crippen LogP contribution in [0.15, 0.2) is 96.3 Å². The lowest BCUT2D eigenvalue weighted by molar-refractivity contribution is 0.410. The highest BCUT2D eigenvalue weighted by Gasteiger charge is 2.21. The summed E-state index contributed by atoms with van der Waals surface area (Å²) in [5.74, 6) is -0.0580. The number of rotatable bonds is 8. The van der Waals surface area contributed by atoms with Gasteiger partial charge in [-0.1, -0.05) is 36.4 Å². The fourth-order valence-corrected chi connectivity index (χ4v) is 6.40. The van der Waals surface area contributed by atoms with Gasteiger partial charge in [-0.2, -0.15) is 0 Å². The van der Waals surface area contributed by atoms with Crippen molar-refractivity contribution in [1.82, 2.24) is 15.0 Å². The predicted octanol–water partition coefficient (Wildman–Crippen LogP) is 6.11. The van der Waals surface area contributed by atoms with Crippen LogP contribution in [0, 0.1) is 5.82 Å². The number of ether oxygens (including phenoxy) is 1. The van der Waals surface area contributed by atoms with E-state index in [0.29, 0.717) is 22.5 Å². The number of nitrogens with zero attached hydrogens (tertiary/aromatic N) is 3. The predicted molar refractivity (Wildman–Crippen MR) is 160 cm³/mol. The maximum Gasteiger partial charge on any atom is 0.262 e. The van der Waals surface area contributed by atoms with E-state index < -0.39 is 15.8 Å². The van der Waals surface area contributed by atoms with E-state index >= 15 is 4.39 Å². The number of hydrogen-bond acceptors (Lipinski definition) is 8. The van der Waals surface area contributed by atoms with Gasteiger partial charge in [-0.15, -0.1) is 0 Å². The topological polar surface area (TPSA) is 132 Å². The van der Waals surface area contributed by atoms with Crippen LogP contribution < -0.4 is 20.5 Å². The molecule has 2 heterocycles. The van der Waals surface area contributed by atoms with Crippen LogP contribution in [-0.4, -0.2) is 35.5 Å². The maximum absolute atomic E-state index is 15.2. The first-order valence-corrected chi connectivity index (χ1v) is 15.1. The molecule has 0 amide bonds. The average Bonchev–Trinajstić information content (AvgIpc) is 2.99. The number of nitrogens with two attached hydrogens (primary N) is 1. The molecule has 2 aromatic heterocycles. The summed E-state index contributed by atoms with van der Waals surface area (Å²) in [6.07, 6.45) is 6.86. The zero-order valence-electron chi connectivity index (χ0n) is 22.6. The Morgan fingerprint density at radius 1 is 0.881 bits per heavy atom. The number of sulfonamides is 1. The van der Waals surface area contributed by atoms with E-state index in [1.165, 1.54) is 30.7 Å². The van der Waals surface area contributed by atoms with Crippen molar-refractivity contribution in [3.05, 3.63) is 97.2 Å². The summed E-state index contributed by atoms with van der Waals surface area (Å²) in [7, 11) is -3.99. The van der Waals surface area contributed by atoms with E-state index in [9.17, 15) is 8.42 Å². The van der Waals surface area contributed by atoms with Gasteiger partial charge in [-0.3, -0.25) is 4.72 Å². The first-order valence-electron chi connectivity index (χ1n) is 13.6. The number of pyridine rings is 1. The Hall–Kier alpha value is -4.61. The lowest BCUT2D eigenvalue weighted by atomic mass is 9.92. The van der Waals surface area contributed by atoms with E-state index in [1.54, 1.807) is 36.4 Å². The lowest BCUT2D eigenvalue weighted by Gasteiger charge is -2.27. The smallest absolute Gasteiger partial charge is 0.262 e. The zero-order valence-corrected chi connectivity index (χ0v) is 23.4. The summed E-state index contributed by atoms with van der Waals surface area (Å²) in [5, 5.41) is 4.81. The highest BCUT2D eigenvalue weighted by atomic mass is 32.2. The summed E-state index contributed by atoms with van der Waals surface area (Å²) < 4.78 is 49.9. The van der Waals surface area contributed by atoms with Crippen molar-refractivity contribution >= 4 is 32.3 Å². The number of anilines is 2. The van der Waals surface area contributed by atoms with Crippen molar-refractivity contribution in [2.75, 3.05) is 10.0 Å². The average molecular weight is 585 g/mol. The van der Waals surface area contributed by atoms with Crippen LogP contribution >= 0.6 is 0 Å². The molecule has 214 valence electrons.